The molecule has 1 fully saturated rings. The van der Waals surface area contributed by atoms with Gasteiger partial charge in [0.2, 0.25) is 5.91 Å². The van der Waals surface area contributed by atoms with Gasteiger partial charge in [-0.2, -0.15) is 0 Å². The molecule has 2 aromatic heterocycles. The molecule has 2 N–H and O–H groups in total. The van der Waals surface area contributed by atoms with Crippen LogP contribution in [-0.4, -0.2) is 38.8 Å². The number of likely N-dealkylation sites (tertiary alicyclic amines) is 1. The highest BCUT2D eigenvalue weighted by Crippen LogP contribution is 2.32. The predicted molar refractivity (Wildman–Crippen MR) is 123 cm³/mol. The van der Waals surface area contributed by atoms with Crippen molar-refractivity contribution in [2.45, 2.75) is 25.7 Å². The molecule has 4 aromatic rings. The van der Waals surface area contributed by atoms with Gasteiger partial charge in [0.25, 0.3) is 0 Å². The first-order chi connectivity index (χ1) is 15.6. The predicted octanol–water partition coefficient (Wildman–Crippen LogP) is 5.23. The SMILES string of the molecule is CC(=O)N1CCCC(c2nc(Nc3cccc(F)c3)cc(-c3cccc4[nH]ccc34)n2)C1. The number of halogens is 1. The molecule has 0 spiro atoms. The average molecular weight is 429 g/mol. The van der Waals surface area contributed by atoms with Crippen LogP contribution in [0.3, 0.4) is 0 Å². The van der Waals surface area contributed by atoms with Gasteiger partial charge in [-0.1, -0.05) is 18.2 Å². The van der Waals surface area contributed by atoms with E-state index in [1.807, 2.05) is 41.4 Å². The summed E-state index contributed by atoms with van der Waals surface area (Å²) in [6.45, 7) is 2.97. The van der Waals surface area contributed by atoms with Gasteiger partial charge in [0.05, 0.1) is 5.69 Å². The van der Waals surface area contributed by atoms with Gasteiger partial charge in [-0.25, -0.2) is 14.4 Å². The molecular weight excluding hydrogens is 405 g/mol. The van der Waals surface area contributed by atoms with Crippen LogP contribution in [0.1, 0.15) is 31.5 Å². The van der Waals surface area contributed by atoms with Crippen molar-refractivity contribution in [2.24, 2.45) is 0 Å². The van der Waals surface area contributed by atoms with Crippen LogP contribution in [0.4, 0.5) is 15.9 Å². The number of amides is 1. The molecule has 7 heteroatoms. The number of hydrogen-bond donors (Lipinski definition) is 2. The molecule has 1 aliphatic heterocycles. The quantitative estimate of drug-likeness (QED) is 0.466. The number of fused-ring (bicyclic) bond motifs is 1. The van der Waals surface area contributed by atoms with Crippen molar-refractivity contribution >= 4 is 28.3 Å². The molecule has 1 saturated heterocycles. The van der Waals surface area contributed by atoms with Gasteiger partial charge >= 0.3 is 0 Å². The highest BCUT2D eigenvalue weighted by atomic mass is 19.1. The first-order valence-electron chi connectivity index (χ1n) is 10.8. The number of carbonyl (C=O) groups is 1. The second-order valence-electron chi connectivity index (χ2n) is 8.18. The summed E-state index contributed by atoms with van der Waals surface area (Å²) in [5, 5.41) is 4.30. The Kier molecular flexibility index (Phi) is 5.31. The summed E-state index contributed by atoms with van der Waals surface area (Å²) in [5.41, 5.74) is 3.44. The zero-order valence-electron chi connectivity index (χ0n) is 17.8. The number of aromatic nitrogens is 3. The van der Waals surface area contributed by atoms with Gasteiger partial charge < -0.3 is 15.2 Å². The molecule has 162 valence electrons. The number of nitrogens with one attached hydrogen (secondary N) is 2. The maximum Gasteiger partial charge on any atom is 0.219 e. The lowest BCUT2D eigenvalue weighted by molar-refractivity contribution is -0.130. The van der Waals surface area contributed by atoms with Crippen molar-refractivity contribution < 1.29 is 9.18 Å². The third kappa shape index (κ3) is 4.06. The lowest BCUT2D eigenvalue weighted by Crippen LogP contribution is -2.38. The third-order valence-electron chi connectivity index (χ3n) is 5.94. The number of nitrogens with zero attached hydrogens (tertiary/aromatic N) is 3. The molecule has 1 amide bonds. The van der Waals surface area contributed by atoms with Crippen molar-refractivity contribution in [3.63, 3.8) is 0 Å². The van der Waals surface area contributed by atoms with Crippen LogP contribution in [0.15, 0.2) is 60.8 Å². The van der Waals surface area contributed by atoms with Crippen LogP contribution in [0, 0.1) is 5.82 Å². The summed E-state index contributed by atoms with van der Waals surface area (Å²) < 4.78 is 13.7. The Balaban J connectivity index is 1.59. The Morgan fingerprint density at radius 1 is 1.16 bits per heavy atom. The van der Waals surface area contributed by atoms with Gasteiger partial charge in [-0.05, 0) is 43.2 Å². The van der Waals surface area contributed by atoms with Crippen LogP contribution >= 0.6 is 0 Å². The summed E-state index contributed by atoms with van der Waals surface area (Å²) in [6.07, 6.45) is 3.74. The van der Waals surface area contributed by atoms with E-state index in [2.05, 4.69) is 10.3 Å². The maximum absolute atomic E-state index is 13.7. The van der Waals surface area contributed by atoms with Crippen LogP contribution in [-0.2, 0) is 4.79 Å². The average Bonchev–Trinajstić information content (AvgIpc) is 3.28. The molecule has 5 rings (SSSR count). The molecule has 32 heavy (non-hydrogen) atoms. The number of aromatic amines is 1. The fraction of sp³-hybridized carbons (Fsp3) is 0.240. The smallest absolute Gasteiger partial charge is 0.219 e. The number of hydrogen-bond acceptors (Lipinski definition) is 4. The minimum Gasteiger partial charge on any atom is -0.361 e. The molecule has 1 aliphatic rings. The standard InChI is InChI=1S/C25H24FN5O/c1-16(32)31-12-4-5-17(15-31)25-29-23(20-8-3-9-22-21(20)10-11-27-22)14-24(30-25)28-19-7-2-6-18(26)13-19/h2-3,6-11,13-14,17,27H,4-5,12,15H2,1H3,(H,28,29,30). The summed E-state index contributed by atoms with van der Waals surface area (Å²) in [4.78, 5) is 26.8. The van der Waals surface area contributed by atoms with E-state index in [0.29, 0.717) is 23.9 Å². The largest absolute Gasteiger partial charge is 0.361 e. The second kappa shape index (κ2) is 8.42. The topological polar surface area (TPSA) is 73.9 Å². The van der Waals surface area contributed by atoms with E-state index in [1.165, 1.54) is 12.1 Å². The number of rotatable bonds is 4. The number of piperidine rings is 1. The first kappa shape index (κ1) is 20.2. The number of H-pyrrole nitrogens is 1. The van der Waals surface area contributed by atoms with Crippen molar-refractivity contribution in [3.8, 4) is 11.3 Å². The lowest BCUT2D eigenvalue weighted by atomic mass is 9.96. The summed E-state index contributed by atoms with van der Waals surface area (Å²) in [6, 6.07) is 16.3. The van der Waals surface area contributed by atoms with Crippen LogP contribution in [0.2, 0.25) is 0 Å². The van der Waals surface area contributed by atoms with Gasteiger partial charge in [-0.3, -0.25) is 4.79 Å². The van der Waals surface area contributed by atoms with Gasteiger partial charge in [-0.15, -0.1) is 0 Å². The lowest BCUT2D eigenvalue weighted by Gasteiger charge is -2.31. The zero-order valence-corrected chi connectivity index (χ0v) is 17.8. The van der Waals surface area contributed by atoms with Gasteiger partial charge in [0.1, 0.15) is 17.5 Å². The minimum atomic E-state index is -0.314. The number of anilines is 2. The zero-order chi connectivity index (χ0) is 22.1. The number of benzene rings is 2. The van der Waals surface area contributed by atoms with E-state index in [4.69, 9.17) is 9.97 Å². The van der Waals surface area contributed by atoms with Crippen LogP contribution in [0.5, 0.6) is 0 Å². The fourth-order valence-corrected chi connectivity index (χ4v) is 4.35. The van der Waals surface area contributed by atoms with E-state index >= 15 is 0 Å². The van der Waals surface area contributed by atoms with E-state index in [9.17, 15) is 9.18 Å². The van der Waals surface area contributed by atoms with Gasteiger partial charge in [0.15, 0.2) is 0 Å². The Morgan fingerprint density at radius 2 is 2.03 bits per heavy atom. The minimum absolute atomic E-state index is 0.0473. The highest BCUT2D eigenvalue weighted by molar-refractivity contribution is 5.94. The molecular formula is C25H24FN5O. The molecule has 3 heterocycles. The van der Waals surface area contributed by atoms with E-state index < -0.39 is 0 Å². The molecule has 0 bridgehead atoms. The Bertz CT molecular complexity index is 1280. The third-order valence-corrected chi connectivity index (χ3v) is 5.94. The Labute approximate surface area is 185 Å². The molecule has 0 aliphatic carbocycles. The van der Waals surface area contributed by atoms with Crippen molar-refractivity contribution in [3.05, 3.63) is 72.4 Å². The monoisotopic (exact) mass is 429 g/mol. The normalized spacial score (nSPS) is 16.3. The Hall–Kier alpha value is -3.74. The Morgan fingerprint density at radius 3 is 2.88 bits per heavy atom. The van der Waals surface area contributed by atoms with Gasteiger partial charge in [0, 0.05) is 60.3 Å². The molecule has 0 saturated carbocycles. The molecule has 6 nitrogen and oxygen atoms in total. The summed E-state index contributed by atoms with van der Waals surface area (Å²) in [5.74, 6) is 1.10. The fourth-order valence-electron chi connectivity index (χ4n) is 4.35. The van der Waals surface area contributed by atoms with Crippen molar-refractivity contribution in [1.29, 1.82) is 0 Å². The molecule has 1 unspecified atom stereocenters. The van der Waals surface area contributed by atoms with Crippen molar-refractivity contribution in [1.82, 2.24) is 19.9 Å². The first-order valence-corrected chi connectivity index (χ1v) is 10.8. The van der Waals surface area contributed by atoms with E-state index in [1.54, 1.807) is 19.1 Å². The van der Waals surface area contributed by atoms with Crippen LogP contribution < -0.4 is 5.32 Å². The van der Waals surface area contributed by atoms with E-state index in [-0.39, 0.29) is 17.6 Å². The summed E-state index contributed by atoms with van der Waals surface area (Å²) in [7, 11) is 0. The molecule has 0 radical (unpaired) electrons. The second-order valence-corrected chi connectivity index (χ2v) is 8.18. The maximum atomic E-state index is 13.7. The summed E-state index contributed by atoms with van der Waals surface area (Å²) >= 11 is 0. The molecule has 2 aromatic carbocycles. The van der Waals surface area contributed by atoms with Crippen LogP contribution in [0.25, 0.3) is 22.2 Å². The van der Waals surface area contributed by atoms with E-state index in [0.717, 1.165) is 41.5 Å². The molecule has 1 atom stereocenters. The van der Waals surface area contributed by atoms with Crippen molar-refractivity contribution in [2.75, 3.05) is 18.4 Å². The number of carbonyl (C=O) groups excluding carboxylic acids is 1. The highest BCUT2D eigenvalue weighted by Gasteiger charge is 2.26.